The third kappa shape index (κ3) is 29.4. The van der Waals surface area contributed by atoms with Gasteiger partial charge in [-0.1, -0.05) is 227 Å². The summed E-state index contributed by atoms with van der Waals surface area (Å²) in [5, 5.41) is 0. The second kappa shape index (κ2) is 40.0. The van der Waals surface area contributed by atoms with Crippen molar-refractivity contribution in [2.75, 3.05) is 46.1 Å². The molecule has 80 heavy (non-hydrogen) atoms. The summed E-state index contributed by atoms with van der Waals surface area (Å²) in [5.74, 6) is 6.29. The van der Waals surface area contributed by atoms with Gasteiger partial charge in [0.1, 0.15) is 0 Å². The van der Waals surface area contributed by atoms with Crippen LogP contribution in [0.15, 0.2) is 30.3 Å². The molecule has 0 radical (unpaired) electrons. The molecule has 1 atom stereocenters. The average Bonchev–Trinajstić information content (AvgIpc) is 3.44. The van der Waals surface area contributed by atoms with E-state index < -0.39 is 17.9 Å². The first-order valence-electron chi connectivity index (χ1n) is 34.5. The monoisotopic (exact) mass is 1120 g/mol. The fourth-order valence-corrected chi connectivity index (χ4v) is 14.4. The molecule has 0 N–H and O–H groups in total. The van der Waals surface area contributed by atoms with E-state index in [-0.39, 0.29) is 11.9 Å². The molecule has 4 aliphatic rings. The molecule has 8 heteroatoms. The molecule has 0 aromatic heterocycles. The van der Waals surface area contributed by atoms with Crippen molar-refractivity contribution in [3.8, 4) is 0 Å². The van der Waals surface area contributed by atoms with Crippen LogP contribution in [0.4, 0.5) is 0 Å². The third-order valence-electron chi connectivity index (χ3n) is 20.0. The van der Waals surface area contributed by atoms with E-state index in [1.165, 1.54) is 154 Å². The Kier molecular flexibility index (Phi) is 34.1. The van der Waals surface area contributed by atoms with E-state index in [1.807, 2.05) is 6.07 Å². The standard InChI is InChI=1S/C72H125NO7/c1-55(2)18-12-24-59-30-38-63(39-31-59)50-68(70(74)78-52-65-40-32-60(33-41-65)25-13-19-56(3)4)28-16-46-73(48-49-77-51-64-22-10-9-11-23-64)47-17-29-69(71(75)79-53-66-42-34-61(35-43-66)26-14-20-57(5)6)72(76)80-54-67-44-36-62(37-45-67)27-15-21-58(7)8/h9-11,22-23,55-63,65-69H,12-21,24-54H2,1-8H3. The first-order valence-corrected chi connectivity index (χ1v) is 34.5. The third-order valence-corrected chi connectivity index (χ3v) is 20.0. The summed E-state index contributed by atoms with van der Waals surface area (Å²) in [5.41, 5.74) is 1.16. The van der Waals surface area contributed by atoms with Crippen LogP contribution in [-0.4, -0.2) is 68.9 Å². The largest absolute Gasteiger partial charge is 0.465 e. The van der Waals surface area contributed by atoms with E-state index in [1.54, 1.807) is 0 Å². The smallest absolute Gasteiger partial charge is 0.320 e. The van der Waals surface area contributed by atoms with Gasteiger partial charge in [0.15, 0.2) is 5.92 Å². The molecule has 0 aliphatic heterocycles. The van der Waals surface area contributed by atoms with E-state index >= 15 is 0 Å². The van der Waals surface area contributed by atoms with Gasteiger partial charge in [0.05, 0.1) is 39.0 Å². The van der Waals surface area contributed by atoms with Crippen molar-refractivity contribution >= 4 is 17.9 Å². The molecule has 8 nitrogen and oxygen atoms in total. The van der Waals surface area contributed by atoms with Gasteiger partial charge in [0, 0.05) is 6.54 Å². The number of carbonyl (C=O) groups is 3. The van der Waals surface area contributed by atoms with Crippen LogP contribution >= 0.6 is 0 Å². The maximum atomic E-state index is 14.3. The van der Waals surface area contributed by atoms with Gasteiger partial charge in [-0.2, -0.15) is 0 Å². The van der Waals surface area contributed by atoms with Gasteiger partial charge in [-0.3, -0.25) is 14.4 Å². The van der Waals surface area contributed by atoms with Gasteiger partial charge < -0.3 is 23.8 Å². The minimum Gasteiger partial charge on any atom is -0.465 e. The van der Waals surface area contributed by atoms with Crippen LogP contribution in [-0.2, 0) is 39.9 Å². The molecule has 1 aromatic rings. The second-order valence-electron chi connectivity index (χ2n) is 28.9. The van der Waals surface area contributed by atoms with E-state index in [9.17, 15) is 14.4 Å². The van der Waals surface area contributed by atoms with Crippen LogP contribution in [0.2, 0.25) is 0 Å². The lowest BCUT2D eigenvalue weighted by atomic mass is 9.75. The van der Waals surface area contributed by atoms with Crippen LogP contribution in [0, 0.1) is 82.9 Å². The van der Waals surface area contributed by atoms with Crippen molar-refractivity contribution in [3.05, 3.63) is 35.9 Å². The maximum Gasteiger partial charge on any atom is 0.320 e. The topological polar surface area (TPSA) is 91.4 Å². The predicted molar refractivity (Wildman–Crippen MR) is 332 cm³/mol. The zero-order valence-electron chi connectivity index (χ0n) is 53.3. The van der Waals surface area contributed by atoms with Gasteiger partial charge in [0.25, 0.3) is 0 Å². The minimum absolute atomic E-state index is 0.0325. The zero-order valence-corrected chi connectivity index (χ0v) is 53.3. The summed E-state index contributed by atoms with van der Waals surface area (Å²) in [6.45, 7) is 23.4. The molecule has 0 spiro atoms. The lowest BCUT2D eigenvalue weighted by molar-refractivity contribution is -0.164. The summed E-state index contributed by atoms with van der Waals surface area (Å²) in [7, 11) is 0. The summed E-state index contributed by atoms with van der Waals surface area (Å²) in [4.78, 5) is 45.1. The molecule has 1 unspecified atom stereocenters. The van der Waals surface area contributed by atoms with Gasteiger partial charge in [-0.25, -0.2) is 0 Å². The Morgan fingerprint density at radius 1 is 0.412 bits per heavy atom. The molecule has 0 saturated heterocycles. The highest BCUT2D eigenvalue weighted by atomic mass is 16.6. The number of rotatable bonds is 40. The fourth-order valence-electron chi connectivity index (χ4n) is 14.4. The first-order chi connectivity index (χ1) is 38.7. The summed E-state index contributed by atoms with van der Waals surface area (Å²) < 4.78 is 24.9. The Morgan fingerprint density at radius 2 is 0.762 bits per heavy atom. The molecule has 4 aliphatic carbocycles. The van der Waals surface area contributed by atoms with E-state index in [0.29, 0.717) is 69.5 Å². The molecule has 4 fully saturated rings. The van der Waals surface area contributed by atoms with Gasteiger partial charge in [-0.05, 0) is 160 Å². The zero-order chi connectivity index (χ0) is 57.3. The van der Waals surface area contributed by atoms with Crippen molar-refractivity contribution in [2.24, 2.45) is 82.9 Å². The predicted octanol–water partition coefficient (Wildman–Crippen LogP) is 18.8. The van der Waals surface area contributed by atoms with Crippen molar-refractivity contribution in [2.45, 2.75) is 274 Å². The summed E-state index contributed by atoms with van der Waals surface area (Å²) in [6, 6.07) is 10.4. The molecule has 0 amide bonds. The molecule has 0 heterocycles. The highest BCUT2D eigenvalue weighted by Crippen LogP contribution is 2.39. The van der Waals surface area contributed by atoms with Crippen LogP contribution in [0.3, 0.4) is 0 Å². The van der Waals surface area contributed by atoms with Crippen molar-refractivity contribution < 1.29 is 33.3 Å². The number of esters is 3. The quantitative estimate of drug-likeness (QED) is 0.0278. The summed E-state index contributed by atoms with van der Waals surface area (Å²) in [6.07, 6.45) is 38.7. The number of hydrogen-bond acceptors (Lipinski definition) is 8. The molecule has 460 valence electrons. The first kappa shape index (κ1) is 68.3. The number of ether oxygens (including phenoxy) is 4. The molecule has 4 saturated carbocycles. The van der Waals surface area contributed by atoms with Crippen molar-refractivity contribution in [1.82, 2.24) is 4.90 Å². The lowest BCUT2D eigenvalue weighted by Gasteiger charge is -2.32. The lowest BCUT2D eigenvalue weighted by Crippen LogP contribution is -2.34. The average molecular weight is 1120 g/mol. The van der Waals surface area contributed by atoms with E-state index in [0.717, 1.165) is 117 Å². The maximum absolute atomic E-state index is 14.3. The molecule has 5 rings (SSSR count). The highest BCUT2D eigenvalue weighted by Gasteiger charge is 2.34. The molecular formula is C72H125NO7. The Hall–Kier alpha value is -2.45. The Bertz CT molecular complexity index is 1680. The van der Waals surface area contributed by atoms with Crippen molar-refractivity contribution in [3.63, 3.8) is 0 Å². The Morgan fingerprint density at radius 3 is 1.15 bits per heavy atom. The van der Waals surface area contributed by atoms with Crippen molar-refractivity contribution in [1.29, 1.82) is 0 Å². The number of nitrogens with zero attached hydrogens (tertiary/aromatic N) is 1. The number of benzene rings is 1. The fraction of sp³-hybridized carbons (Fsp3) is 0.875. The normalized spacial score (nSPS) is 24.6. The summed E-state index contributed by atoms with van der Waals surface area (Å²) >= 11 is 0. The Balaban J connectivity index is 1.19. The van der Waals surface area contributed by atoms with Crippen LogP contribution < -0.4 is 0 Å². The molecule has 0 bridgehead atoms. The van der Waals surface area contributed by atoms with Crippen LogP contribution in [0.1, 0.15) is 273 Å². The highest BCUT2D eigenvalue weighted by molar-refractivity contribution is 5.94. The minimum atomic E-state index is -0.921. The molecular weight excluding hydrogens is 991 g/mol. The van der Waals surface area contributed by atoms with Crippen LogP contribution in [0.25, 0.3) is 0 Å². The van der Waals surface area contributed by atoms with Crippen LogP contribution in [0.5, 0.6) is 0 Å². The number of hydrogen-bond donors (Lipinski definition) is 0. The number of carbonyl (C=O) groups excluding carboxylic acids is 3. The van der Waals surface area contributed by atoms with Gasteiger partial charge in [0.2, 0.25) is 0 Å². The van der Waals surface area contributed by atoms with Gasteiger partial charge >= 0.3 is 17.9 Å². The van der Waals surface area contributed by atoms with E-state index in [2.05, 4.69) is 84.6 Å². The Labute approximate surface area is 492 Å². The van der Waals surface area contributed by atoms with E-state index in [4.69, 9.17) is 18.9 Å². The van der Waals surface area contributed by atoms with Gasteiger partial charge in [-0.15, -0.1) is 0 Å². The molecule has 1 aromatic carbocycles. The second-order valence-corrected chi connectivity index (χ2v) is 28.9. The SMILES string of the molecule is CC(C)CCCC1CCC(COC(=O)C(CCCN(CCCC(C(=O)OCC2CCC(CCCC(C)C)CC2)C(=O)OCC2CCC(CCCC(C)C)CC2)CCOCc2ccccc2)CC2CCC(CCCC(C)C)CC2)CC1.